The summed E-state index contributed by atoms with van der Waals surface area (Å²) in [6.45, 7) is 2.91. The smallest absolute Gasteiger partial charge is 0.291 e. The molecule has 8 nitrogen and oxygen atoms in total. The number of thiazole rings is 1. The summed E-state index contributed by atoms with van der Waals surface area (Å²) in [4.78, 5) is 18.7. The maximum Gasteiger partial charge on any atom is 0.291 e. The highest BCUT2D eigenvalue weighted by Gasteiger charge is 2.17. The van der Waals surface area contributed by atoms with Crippen molar-refractivity contribution >= 4 is 33.3 Å². The third-order valence-electron chi connectivity index (χ3n) is 7.27. The summed E-state index contributed by atoms with van der Waals surface area (Å²) in [5.41, 5.74) is 3.69. The van der Waals surface area contributed by atoms with Crippen molar-refractivity contribution < 1.29 is 9.15 Å². The molecule has 43 heavy (non-hydrogen) atoms. The van der Waals surface area contributed by atoms with Crippen LogP contribution in [0.5, 0.6) is 5.75 Å². The van der Waals surface area contributed by atoms with Gasteiger partial charge in [0.25, 0.3) is 5.56 Å². The minimum absolute atomic E-state index is 0.228. The van der Waals surface area contributed by atoms with Crippen molar-refractivity contribution in [3.8, 4) is 34.3 Å². The lowest BCUT2D eigenvalue weighted by molar-refractivity contribution is 0.305. The van der Waals surface area contributed by atoms with Gasteiger partial charge in [0.2, 0.25) is 4.96 Å². The van der Waals surface area contributed by atoms with E-state index in [0.29, 0.717) is 33.4 Å². The van der Waals surface area contributed by atoms with Gasteiger partial charge in [-0.1, -0.05) is 73.9 Å². The lowest BCUT2D eigenvalue weighted by atomic mass is 10.2. The van der Waals surface area contributed by atoms with Gasteiger partial charge in [-0.2, -0.15) is 14.6 Å². The van der Waals surface area contributed by atoms with E-state index in [1.54, 1.807) is 4.68 Å². The van der Waals surface area contributed by atoms with E-state index in [9.17, 15) is 4.79 Å². The van der Waals surface area contributed by atoms with E-state index in [0.717, 1.165) is 40.0 Å². The monoisotopic (exact) mass is 587 g/mol. The zero-order valence-corrected chi connectivity index (χ0v) is 24.5. The van der Waals surface area contributed by atoms with Crippen molar-refractivity contribution in [3.05, 3.63) is 112 Å². The summed E-state index contributed by atoms with van der Waals surface area (Å²) in [6, 6.07) is 27.4. The van der Waals surface area contributed by atoms with Gasteiger partial charge in [-0.05, 0) is 61.0 Å². The van der Waals surface area contributed by atoms with Crippen LogP contribution in [0.1, 0.15) is 38.2 Å². The normalized spacial score (nSPS) is 12.1. The van der Waals surface area contributed by atoms with Crippen LogP contribution in [0.3, 0.4) is 0 Å². The minimum Gasteiger partial charge on any atom is -0.494 e. The second kappa shape index (κ2) is 11.7. The first kappa shape index (κ1) is 26.9. The van der Waals surface area contributed by atoms with E-state index in [-0.39, 0.29) is 5.56 Å². The molecule has 0 radical (unpaired) electrons. The van der Waals surface area contributed by atoms with E-state index in [4.69, 9.17) is 14.3 Å². The molecule has 9 heteroatoms. The van der Waals surface area contributed by atoms with Gasteiger partial charge in [-0.3, -0.25) is 4.79 Å². The Morgan fingerprint density at radius 1 is 0.930 bits per heavy atom. The van der Waals surface area contributed by atoms with Crippen molar-refractivity contribution in [2.75, 3.05) is 6.61 Å². The number of benzene rings is 3. The van der Waals surface area contributed by atoms with Crippen LogP contribution in [0.2, 0.25) is 0 Å². The van der Waals surface area contributed by atoms with Crippen LogP contribution in [0.25, 0.3) is 50.5 Å². The van der Waals surface area contributed by atoms with Crippen molar-refractivity contribution in [1.29, 1.82) is 0 Å². The van der Waals surface area contributed by atoms with E-state index >= 15 is 0 Å². The standard InChI is InChI=1S/C34H29N5O3S/c1-2-3-4-10-19-41-27-17-15-23(16-18-27)32-35-34-39(37-32)33(40)30(43-34)21-25-22-38(26-12-6-5-7-13-26)36-31(25)29-20-24-11-8-9-14-28(24)42-29/h5-9,11-18,20-22H,2-4,10,19H2,1H3. The lowest BCUT2D eigenvalue weighted by Gasteiger charge is -2.06. The largest absolute Gasteiger partial charge is 0.494 e. The predicted octanol–water partition coefficient (Wildman–Crippen LogP) is 6.92. The quantitative estimate of drug-likeness (QED) is 0.161. The first-order valence-corrected chi connectivity index (χ1v) is 15.3. The van der Waals surface area contributed by atoms with Gasteiger partial charge in [0.15, 0.2) is 11.6 Å². The zero-order valence-electron chi connectivity index (χ0n) is 23.6. The molecule has 0 saturated carbocycles. The topological polar surface area (TPSA) is 87.5 Å². The molecule has 0 unspecified atom stereocenters. The Hall–Kier alpha value is -5.02. The van der Waals surface area contributed by atoms with Crippen LogP contribution >= 0.6 is 11.3 Å². The van der Waals surface area contributed by atoms with E-state index < -0.39 is 0 Å². The SMILES string of the molecule is CCCCCCOc1ccc(-c2nc3sc(=Cc4cn(-c5ccccc5)nc4-c4cc5ccccc5o4)c(=O)n3n2)cc1. The number of rotatable bonds is 10. The van der Waals surface area contributed by atoms with Crippen LogP contribution in [0.15, 0.2) is 100 Å². The lowest BCUT2D eigenvalue weighted by Crippen LogP contribution is -2.23. The summed E-state index contributed by atoms with van der Waals surface area (Å²) in [7, 11) is 0. The van der Waals surface area contributed by atoms with Gasteiger partial charge in [0.05, 0.1) is 16.8 Å². The van der Waals surface area contributed by atoms with E-state index in [1.165, 1.54) is 35.1 Å². The molecule has 0 spiro atoms. The molecule has 0 aliphatic carbocycles. The average molecular weight is 588 g/mol. The number of unbranched alkanes of at least 4 members (excludes halogenated alkanes) is 3. The molecular formula is C34H29N5O3S. The molecule has 0 aliphatic heterocycles. The number of hydrogen-bond acceptors (Lipinski definition) is 7. The number of ether oxygens (including phenoxy) is 1. The van der Waals surface area contributed by atoms with Crippen LogP contribution < -0.4 is 14.8 Å². The first-order valence-electron chi connectivity index (χ1n) is 14.4. The van der Waals surface area contributed by atoms with Crippen molar-refractivity contribution in [1.82, 2.24) is 24.4 Å². The number of fused-ring (bicyclic) bond motifs is 2. The van der Waals surface area contributed by atoms with Gasteiger partial charge in [0.1, 0.15) is 17.0 Å². The summed E-state index contributed by atoms with van der Waals surface area (Å²) in [5.74, 6) is 1.95. The molecular weight excluding hydrogens is 558 g/mol. The fourth-order valence-corrected chi connectivity index (χ4v) is 5.91. The predicted molar refractivity (Wildman–Crippen MR) is 170 cm³/mol. The number of para-hydroxylation sites is 2. The Kier molecular flexibility index (Phi) is 7.30. The number of aromatic nitrogens is 5. The summed E-state index contributed by atoms with van der Waals surface area (Å²) < 4.78 is 15.7. The molecule has 4 heterocycles. The second-order valence-electron chi connectivity index (χ2n) is 10.3. The molecule has 0 saturated heterocycles. The fraction of sp³-hybridized carbons (Fsp3) is 0.176. The summed E-state index contributed by atoms with van der Waals surface area (Å²) in [6.07, 6.45) is 8.41. The Morgan fingerprint density at radius 3 is 2.53 bits per heavy atom. The Bertz CT molecular complexity index is 2090. The van der Waals surface area contributed by atoms with Crippen molar-refractivity contribution in [2.24, 2.45) is 0 Å². The Balaban J connectivity index is 1.21. The van der Waals surface area contributed by atoms with Gasteiger partial charge >= 0.3 is 0 Å². The molecule has 3 aromatic carbocycles. The van der Waals surface area contributed by atoms with Crippen LogP contribution in [0, 0.1) is 0 Å². The van der Waals surface area contributed by atoms with Crippen LogP contribution in [0.4, 0.5) is 0 Å². The highest BCUT2D eigenvalue weighted by molar-refractivity contribution is 7.15. The maximum atomic E-state index is 13.5. The molecule has 0 atom stereocenters. The van der Waals surface area contributed by atoms with Gasteiger partial charge in [-0.25, -0.2) is 4.68 Å². The van der Waals surface area contributed by atoms with Gasteiger partial charge in [0, 0.05) is 22.7 Å². The van der Waals surface area contributed by atoms with Crippen LogP contribution in [-0.2, 0) is 0 Å². The molecule has 0 fully saturated rings. The molecule has 0 bridgehead atoms. The highest BCUT2D eigenvalue weighted by atomic mass is 32.1. The minimum atomic E-state index is -0.228. The number of nitrogens with zero attached hydrogens (tertiary/aromatic N) is 5. The third kappa shape index (κ3) is 5.47. The number of furan rings is 1. The maximum absolute atomic E-state index is 13.5. The van der Waals surface area contributed by atoms with E-state index in [2.05, 4.69) is 17.0 Å². The van der Waals surface area contributed by atoms with Crippen LogP contribution in [-0.4, -0.2) is 31.0 Å². The van der Waals surface area contributed by atoms with Crippen molar-refractivity contribution in [2.45, 2.75) is 32.6 Å². The molecule has 214 valence electrons. The third-order valence-corrected chi connectivity index (χ3v) is 8.23. The molecule has 4 aromatic heterocycles. The summed E-state index contributed by atoms with van der Waals surface area (Å²) >= 11 is 1.30. The molecule has 7 aromatic rings. The molecule has 0 amide bonds. The van der Waals surface area contributed by atoms with E-state index in [1.807, 2.05) is 97.2 Å². The number of hydrogen-bond donors (Lipinski definition) is 0. The molecule has 7 rings (SSSR count). The fourth-order valence-electron chi connectivity index (χ4n) is 5.01. The van der Waals surface area contributed by atoms with Crippen molar-refractivity contribution in [3.63, 3.8) is 0 Å². The highest BCUT2D eigenvalue weighted by Crippen LogP contribution is 2.30. The average Bonchev–Trinajstić information content (AvgIpc) is 3.82. The molecule has 0 aliphatic rings. The molecule has 0 N–H and O–H groups in total. The Morgan fingerprint density at radius 2 is 1.74 bits per heavy atom. The second-order valence-corrected chi connectivity index (χ2v) is 11.3. The zero-order chi connectivity index (χ0) is 29.2. The summed E-state index contributed by atoms with van der Waals surface area (Å²) in [5, 5.41) is 10.4. The Labute approximate surface area is 251 Å². The van der Waals surface area contributed by atoms with Gasteiger partial charge < -0.3 is 9.15 Å². The van der Waals surface area contributed by atoms with Gasteiger partial charge in [-0.15, -0.1) is 5.10 Å². The first-order chi connectivity index (χ1) is 21.2.